The number of hydrogen-bond acceptors (Lipinski definition) is 5. The number of aromatic hydroxyl groups is 1. The summed E-state index contributed by atoms with van der Waals surface area (Å²) in [6, 6.07) is 10.9. The molecule has 2 aromatic carbocycles. The molecule has 0 aliphatic rings. The van der Waals surface area contributed by atoms with E-state index >= 15 is 0 Å². The zero-order valence-electron chi connectivity index (χ0n) is 14.6. The Bertz CT molecular complexity index is 1300. The summed E-state index contributed by atoms with van der Waals surface area (Å²) < 4.78 is 7.14. The van der Waals surface area contributed by atoms with Crippen LogP contribution in [0.2, 0.25) is 5.02 Å². The zero-order valence-corrected chi connectivity index (χ0v) is 17.0. The molecule has 0 bridgehead atoms. The van der Waals surface area contributed by atoms with Gasteiger partial charge in [0.05, 0.1) is 22.4 Å². The molecule has 0 unspecified atom stereocenters. The maximum atomic E-state index is 12.8. The first kappa shape index (κ1) is 18.8. The summed E-state index contributed by atoms with van der Waals surface area (Å²) in [6.45, 7) is 0. The van der Waals surface area contributed by atoms with E-state index in [1.165, 1.54) is 22.8 Å². The molecule has 0 radical (unpaired) electrons. The van der Waals surface area contributed by atoms with E-state index < -0.39 is 0 Å². The van der Waals surface area contributed by atoms with Gasteiger partial charge in [-0.1, -0.05) is 41.1 Å². The molecule has 0 amide bonds. The summed E-state index contributed by atoms with van der Waals surface area (Å²) in [5, 5.41) is 10.0. The average Bonchev–Trinajstić information content (AvgIpc) is 3.24. The lowest BCUT2D eigenvalue weighted by Gasteiger charge is -2.05. The number of benzene rings is 2. The van der Waals surface area contributed by atoms with E-state index in [1.54, 1.807) is 24.4 Å². The van der Waals surface area contributed by atoms with Gasteiger partial charge in [-0.3, -0.25) is 9.20 Å². The summed E-state index contributed by atoms with van der Waals surface area (Å²) in [5.74, 6) is 0.531. The molecule has 5 nitrogen and oxygen atoms in total. The van der Waals surface area contributed by atoms with Crippen LogP contribution < -0.4 is 14.8 Å². The predicted molar refractivity (Wildman–Crippen MR) is 113 cm³/mol. The van der Waals surface area contributed by atoms with Gasteiger partial charge in [0.25, 0.3) is 5.56 Å². The van der Waals surface area contributed by atoms with Gasteiger partial charge in [-0.05, 0) is 35.4 Å². The number of nitrogens with zero attached hydrogens (tertiary/aromatic N) is 2. The molecule has 0 aliphatic carbocycles. The molecular formula is C20H14Cl2N2O3S. The predicted octanol–water partition coefficient (Wildman–Crippen LogP) is 4.08. The van der Waals surface area contributed by atoms with E-state index in [4.69, 9.17) is 27.9 Å². The lowest BCUT2D eigenvalue weighted by molar-refractivity contribution is 0.373. The largest absolute Gasteiger partial charge is 0.503 e. The third-order valence-electron chi connectivity index (χ3n) is 4.25. The van der Waals surface area contributed by atoms with Crippen LogP contribution in [0.5, 0.6) is 11.5 Å². The SMILES string of the molecule is COc1cc(/C=c2\sc3nc(-c4cccc(CCl)c4)cn3c2=O)cc(Cl)c1O. The highest BCUT2D eigenvalue weighted by atomic mass is 35.5. The van der Waals surface area contributed by atoms with Crippen molar-refractivity contribution in [2.24, 2.45) is 0 Å². The Hall–Kier alpha value is -2.54. The Morgan fingerprint density at radius 3 is 2.86 bits per heavy atom. The number of phenols is 1. The van der Waals surface area contributed by atoms with Crippen LogP contribution in [0, 0.1) is 0 Å². The smallest absolute Gasteiger partial charge is 0.274 e. The second kappa shape index (κ2) is 7.47. The molecule has 0 saturated carbocycles. The number of methoxy groups -OCH3 is 1. The van der Waals surface area contributed by atoms with E-state index in [2.05, 4.69) is 4.98 Å². The summed E-state index contributed by atoms with van der Waals surface area (Å²) in [7, 11) is 1.44. The minimum atomic E-state index is -0.171. The van der Waals surface area contributed by atoms with Crippen LogP contribution in [0.1, 0.15) is 11.1 Å². The van der Waals surface area contributed by atoms with Crippen LogP contribution in [0.15, 0.2) is 47.4 Å². The van der Waals surface area contributed by atoms with Crippen molar-refractivity contribution in [3.8, 4) is 22.8 Å². The van der Waals surface area contributed by atoms with E-state index in [0.29, 0.717) is 20.9 Å². The van der Waals surface area contributed by atoms with E-state index in [0.717, 1.165) is 16.8 Å². The van der Waals surface area contributed by atoms with Crippen molar-refractivity contribution in [3.05, 3.63) is 73.6 Å². The van der Waals surface area contributed by atoms with Gasteiger partial charge < -0.3 is 9.84 Å². The molecule has 0 spiro atoms. The molecule has 28 heavy (non-hydrogen) atoms. The molecule has 142 valence electrons. The minimum Gasteiger partial charge on any atom is -0.503 e. The van der Waals surface area contributed by atoms with Gasteiger partial charge in [-0.25, -0.2) is 4.98 Å². The number of ether oxygens (including phenoxy) is 1. The fourth-order valence-electron chi connectivity index (χ4n) is 2.87. The van der Waals surface area contributed by atoms with Crippen LogP contribution in [-0.4, -0.2) is 21.6 Å². The monoisotopic (exact) mass is 432 g/mol. The standard InChI is InChI=1S/C20H14Cl2N2O3S/c1-27-16-7-12(6-14(22)18(16)25)8-17-19(26)24-10-15(23-20(24)28-17)13-4-2-3-11(5-13)9-21/h2-8,10,25H,9H2,1H3/b17-8-. The van der Waals surface area contributed by atoms with Gasteiger partial charge in [0.1, 0.15) is 0 Å². The number of aromatic nitrogens is 2. The van der Waals surface area contributed by atoms with Crippen molar-refractivity contribution in [1.29, 1.82) is 0 Å². The zero-order chi connectivity index (χ0) is 19.8. The van der Waals surface area contributed by atoms with Gasteiger partial charge in [-0.2, -0.15) is 0 Å². The van der Waals surface area contributed by atoms with Crippen molar-refractivity contribution in [2.75, 3.05) is 7.11 Å². The molecule has 4 rings (SSSR count). The molecular weight excluding hydrogens is 419 g/mol. The third-order valence-corrected chi connectivity index (χ3v) is 5.83. The highest BCUT2D eigenvalue weighted by Gasteiger charge is 2.12. The summed E-state index contributed by atoms with van der Waals surface area (Å²) >= 11 is 13.2. The van der Waals surface area contributed by atoms with Crippen molar-refractivity contribution >= 4 is 45.6 Å². The first-order valence-electron chi connectivity index (χ1n) is 8.25. The van der Waals surface area contributed by atoms with Crippen molar-refractivity contribution in [1.82, 2.24) is 9.38 Å². The molecule has 8 heteroatoms. The fraction of sp³-hybridized carbons (Fsp3) is 0.100. The second-order valence-corrected chi connectivity index (χ2v) is 7.77. The van der Waals surface area contributed by atoms with Crippen LogP contribution in [-0.2, 0) is 5.88 Å². The van der Waals surface area contributed by atoms with Gasteiger partial charge >= 0.3 is 0 Å². The van der Waals surface area contributed by atoms with E-state index in [-0.39, 0.29) is 22.1 Å². The topological polar surface area (TPSA) is 63.8 Å². The van der Waals surface area contributed by atoms with Crippen molar-refractivity contribution in [3.63, 3.8) is 0 Å². The number of fused-ring (bicyclic) bond motifs is 1. The Labute approximate surface area is 174 Å². The Kier molecular flexibility index (Phi) is 5.02. The van der Waals surface area contributed by atoms with Crippen molar-refractivity contribution in [2.45, 2.75) is 5.88 Å². The Morgan fingerprint density at radius 1 is 1.32 bits per heavy atom. The Balaban J connectivity index is 1.79. The van der Waals surface area contributed by atoms with Crippen LogP contribution in [0.25, 0.3) is 22.3 Å². The number of hydrogen-bond donors (Lipinski definition) is 1. The lowest BCUT2D eigenvalue weighted by Crippen LogP contribution is -2.22. The first-order valence-corrected chi connectivity index (χ1v) is 9.98. The molecule has 1 N–H and O–H groups in total. The quantitative estimate of drug-likeness (QED) is 0.493. The number of rotatable bonds is 4. The average molecular weight is 433 g/mol. The second-order valence-electron chi connectivity index (χ2n) is 6.08. The fourth-order valence-corrected chi connectivity index (χ4v) is 4.21. The third kappa shape index (κ3) is 3.35. The molecule has 0 saturated heterocycles. The van der Waals surface area contributed by atoms with Crippen LogP contribution >= 0.6 is 34.5 Å². The number of imidazole rings is 1. The number of halogens is 2. The van der Waals surface area contributed by atoms with E-state index in [1.807, 2.05) is 24.3 Å². The van der Waals surface area contributed by atoms with Gasteiger partial charge in [0.2, 0.25) is 0 Å². The summed E-state index contributed by atoms with van der Waals surface area (Å²) in [6.07, 6.45) is 3.42. The molecule has 4 aromatic rings. The maximum Gasteiger partial charge on any atom is 0.274 e. The van der Waals surface area contributed by atoms with Crippen LogP contribution in [0.4, 0.5) is 0 Å². The Morgan fingerprint density at radius 2 is 2.14 bits per heavy atom. The first-order chi connectivity index (χ1) is 13.5. The molecule has 2 aromatic heterocycles. The number of thiazole rings is 1. The normalized spacial score (nSPS) is 12.0. The van der Waals surface area contributed by atoms with Gasteiger partial charge in [-0.15, -0.1) is 11.6 Å². The highest BCUT2D eigenvalue weighted by molar-refractivity contribution is 7.15. The number of alkyl halides is 1. The molecule has 0 fully saturated rings. The maximum absolute atomic E-state index is 12.8. The molecule has 0 atom stereocenters. The van der Waals surface area contributed by atoms with Crippen LogP contribution in [0.3, 0.4) is 0 Å². The lowest BCUT2D eigenvalue weighted by atomic mass is 10.1. The van der Waals surface area contributed by atoms with Gasteiger partial charge in [0.15, 0.2) is 16.5 Å². The molecule has 0 aliphatic heterocycles. The minimum absolute atomic E-state index is 0.131. The van der Waals surface area contributed by atoms with Gasteiger partial charge in [0, 0.05) is 17.6 Å². The van der Waals surface area contributed by atoms with E-state index in [9.17, 15) is 9.90 Å². The highest BCUT2D eigenvalue weighted by Crippen LogP contribution is 2.35. The number of phenolic OH excluding ortho intramolecular Hbond substituents is 1. The summed E-state index contributed by atoms with van der Waals surface area (Å²) in [4.78, 5) is 17.9. The summed E-state index contributed by atoms with van der Waals surface area (Å²) in [5.41, 5.74) is 3.10. The molecule has 2 heterocycles. The van der Waals surface area contributed by atoms with Crippen molar-refractivity contribution < 1.29 is 9.84 Å².